The third-order valence-corrected chi connectivity index (χ3v) is 4.20. The molecule has 1 saturated heterocycles. The molecular formula is C18H26N2O3. The molecule has 0 saturated carbocycles. The molecule has 1 aromatic carbocycles. The quantitative estimate of drug-likeness (QED) is 0.876. The van der Waals surface area contributed by atoms with Gasteiger partial charge in [-0.15, -0.1) is 0 Å². The zero-order valence-electron chi connectivity index (χ0n) is 14.0. The first-order valence-corrected chi connectivity index (χ1v) is 8.34. The van der Waals surface area contributed by atoms with Gasteiger partial charge in [0.25, 0.3) is 0 Å². The van der Waals surface area contributed by atoms with Crippen LogP contribution in [0, 0.1) is 5.92 Å². The number of benzene rings is 1. The van der Waals surface area contributed by atoms with Gasteiger partial charge >= 0.3 is 0 Å². The lowest BCUT2D eigenvalue weighted by atomic mass is 9.98. The van der Waals surface area contributed by atoms with E-state index in [-0.39, 0.29) is 24.2 Å². The molecule has 1 aromatic rings. The molecule has 5 heteroatoms. The maximum absolute atomic E-state index is 12.2. The second-order valence-electron chi connectivity index (χ2n) is 5.97. The minimum absolute atomic E-state index is 0.0787. The van der Waals surface area contributed by atoms with E-state index in [1.54, 1.807) is 4.90 Å². The molecule has 0 radical (unpaired) electrons. The van der Waals surface area contributed by atoms with Gasteiger partial charge < -0.3 is 15.0 Å². The van der Waals surface area contributed by atoms with Gasteiger partial charge in [-0.1, -0.05) is 24.6 Å². The van der Waals surface area contributed by atoms with E-state index in [9.17, 15) is 9.59 Å². The number of hydrogen-bond donors (Lipinski definition) is 1. The monoisotopic (exact) mass is 318 g/mol. The first-order chi connectivity index (χ1) is 11.1. The molecule has 1 N–H and O–H groups in total. The van der Waals surface area contributed by atoms with E-state index in [0.29, 0.717) is 13.2 Å². The molecule has 2 amide bonds. The summed E-state index contributed by atoms with van der Waals surface area (Å²) in [4.78, 5) is 26.2. The Hall–Kier alpha value is -2.04. The molecular weight excluding hydrogens is 292 g/mol. The van der Waals surface area contributed by atoms with E-state index in [1.807, 2.05) is 38.2 Å². The van der Waals surface area contributed by atoms with Crippen LogP contribution in [0.15, 0.2) is 24.3 Å². The van der Waals surface area contributed by atoms with E-state index < -0.39 is 0 Å². The molecule has 0 aromatic heterocycles. The third kappa shape index (κ3) is 4.98. The fraction of sp³-hybridized carbons (Fsp3) is 0.556. The van der Waals surface area contributed by atoms with Gasteiger partial charge in [0.05, 0.1) is 6.61 Å². The summed E-state index contributed by atoms with van der Waals surface area (Å²) in [7, 11) is 1.82. The lowest BCUT2D eigenvalue weighted by Gasteiger charge is -2.19. The van der Waals surface area contributed by atoms with Gasteiger partial charge in [-0.3, -0.25) is 9.59 Å². The van der Waals surface area contributed by atoms with Crippen molar-refractivity contribution in [3.05, 3.63) is 29.8 Å². The number of nitrogens with zero attached hydrogens (tertiary/aromatic N) is 1. The highest BCUT2D eigenvalue weighted by Gasteiger charge is 2.26. The Bertz CT molecular complexity index is 545. The highest BCUT2D eigenvalue weighted by molar-refractivity contribution is 5.85. The van der Waals surface area contributed by atoms with Crippen molar-refractivity contribution in [2.45, 2.75) is 39.2 Å². The summed E-state index contributed by atoms with van der Waals surface area (Å²) in [6.07, 6.45) is 3.08. The van der Waals surface area contributed by atoms with Crippen LogP contribution >= 0.6 is 0 Å². The predicted octanol–water partition coefficient (Wildman–Crippen LogP) is 2.35. The van der Waals surface area contributed by atoms with Crippen LogP contribution in [0.5, 0.6) is 5.75 Å². The Balaban J connectivity index is 1.88. The van der Waals surface area contributed by atoms with E-state index >= 15 is 0 Å². The first-order valence-electron chi connectivity index (χ1n) is 8.34. The number of ether oxygens (including phenoxy) is 1. The smallest absolute Gasteiger partial charge is 0.225 e. The van der Waals surface area contributed by atoms with E-state index in [1.165, 1.54) is 0 Å². The fourth-order valence-electron chi connectivity index (χ4n) is 2.91. The highest BCUT2D eigenvalue weighted by atomic mass is 16.5. The van der Waals surface area contributed by atoms with Crippen LogP contribution in [0.2, 0.25) is 0 Å². The highest BCUT2D eigenvalue weighted by Crippen LogP contribution is 2.21. The van der Waals surface area contributed by atoms with Gasteiger partial charge in [-0.2, -0.15) is 0 Å². The molecule has 0 bridgehead atoms. The van der Waals surface area contributed by atoms with Crippen molar-refractivity contribution in [3.8, 4) is 5.75 Å². The van der Waals surface area contributed by atoms with Crippen LogP contribution in [-0.4, -0.2) is 36.9 Å². The maximum Gasteiger partial charge on any atom is 0.225 e. The standard InChI is InChI=1S/C18H26N2O3/c1-3-23-16-10-5-4-9-15(16)13-19-17(21)12-14-8-6-7-11-20(2)18(14)22/h4-5,9-10,14H,3,6-8,11-13H2,1-2H3,(H,19,21). The second kappa shape index (κ2) is 8.56. The second-order valence-corrected chi connectivity index (χ2v) is 5.97. The zero-order chi connectivity index (χ0) is 16.7. The summed E-state index contributed by atoms with van der Waals surface area (Å²) in [6, 6.07) is 7.68. The van der Waals surface area contributed by atoms with Crippen molar-refractivity contribution >= 4 is 11.8 Å². The summed E-state index contributed by atoms with van der Waals surface area (Å²) in [5.74, 6) is 0.613. The van der Waals surface area contributed by atoms with Crippen molar-refractivity contribution in [2.24, 2.45) is 5.92 Å². The van der Waals surface area contributed by atoms with Crippen LogP contribution in [-0.2, 0) is 16.1 Å². The molecule has 23 heavy (non-hydrogen) atoms. The molecule has 1 fully saturated rings. The van der Waals surface area contributed by atoms with Gasteiger partial charge in [0, 0.05) is 38.0 Å². The van der Waals surface area contributed by atoms with Gasteiger partial charge in [-0.25, -0.2) is 0 Å². The van der Waals surface area contributed by atoms with E-state index in [4.69, 9.17) is 4.74 Å². The molecule has 2 rings (SSSR count). The molecule has 1 heterocycles. The van der Waals surface area contributed by atoms with Gasteiger partial charge in [0.15, 0.2) is 0 Å². The lowest BCUT2D eigenvalue weighted by Crippen LogP contribution is -2.35. The van der Waals surface area contributed by atoms with Crippen LogP contribution in [0.25, 0.3) is 0 Å². The Morgan fingerprint density at radius 2 is 2.13 bits per heavy atom. The number of hydrogen-bond acceptors (Lipinski definition) is 3. The molecule has 1 unspecified atom stereocenters. The van der Waals surface area contributed by atoms with Crippen LogP contribution in [0.1, 0.15) is 38.2 Å². The number of carbonyl (C=O) groups is 2. The molecule has 0 aliphatic carbocycles. The predicted molar refractivity (Wildman–Crippen MR) is 89.1 cm³/mol. The topological polar surface area (TPSA) is 58.6 Å². The van der Waals surface area contributed by atoms with Crippen LogP contribution in [0.4, 0.5) is 0 Å². The number of likely N-dealkylation sites (tertiary alicyclic amines) is 1. The van der Waals surface area contributed by atoms with Gasteiger partial charge in [0.1, 0.15) is 5.75 Å². The number of rotatable bonds is 6. The fourth-order valence-corrected chi connectivity index (χ4v) is 2.91. The number of carbonyl (C=O) groups excluding carboxylic acids is 2. The summed E-state index contributed by atoms with van der Waals surface area (Å²) in [6.45, 7) is 3.74. The summed E-state index contributed by atoms with van der Waals surface area (Å²) >= 11 is 0. The number of nitrogens with one attached hydrogen (secondary N) is 1. The van der Waals surface area contributed by atoms with Crippen molar-refractivity contribution in [1.82, 2.24) is 10.2 Å². The van der Waals surface area contributed by atoms with Crippen LogP contribution < -0.4 is 10.1 Å². The molecule has 1 aliphatic heterocycles. The molecule has 0 spiro atoms. The number of para-hydroxylation sites is 1. The van der Waals surface area contributed by atoms with E-state index in [2.05, 4.69) is 5.32 Å². The first kappa shape index (κ1) is 17.3. The van der Waals surface area contributed by atoms with Crippen molar-refractivity contribution in [2.75, 3.05) is 20.2 Å². The van der Waals surface area contributed by atoms with Crippen molar-refractivity contribution < 1.29 is 14.3 Å². The SMILES string of the molecule is CCOc1ccccc1CNC(=O)CC1CCCCN(C)C1=O. The summed E-state index contributed by atoms with van der Waals surface area (Å²) < 4.78 is 5.55. The third-order valence-electron chi connectivity index (χ3n) is 4.20. The molecule has 5 nitrogen and oxygen atoms in total. The lowest BCUT2D eigenvalue weighted by molar-refractivity contribution is -0.136. The van der Waals surface area contributed by atoms with Gasteiger partial charge in [-0.05, 0) is 25.8 Å². The van der Waals surface area contributed by atoms with Crippen molar-refractivity contribution in [3.63, 3.8) is 0 Å². The summed E-state index contributed by atoms with van der Waals surface area (Å²) in [5.41, 5.74) is 0.951. The number of amides is 2. The Kier molecular flexibility index (Phi) is 6.44. The average molecular weight is 318 g/mol. The molecule has 126 valence electrons. The molecule has 1 atom stereocenters. The van der Waals surface area contributed by atoms with Crippen molar-refractivity contribution in [1.29, 1.82) is 0 Å². The maximum atomic E-state index is 12.2. The average Bonchev–Trinajstić information content (AvgIpc) is 2.70. The van der Waals surface area contributed by atoms with Crippen LogP contribution in [0.3, 0.4) is 0 Å². The Labute approximate surface area is 138 Å². The largest absolute Gasteiger partial charge is 0.494 e. The zero-order valence-corrected chi connectivity index (χ0v) is 14.0. The summed E-state index contributed by atoms with van der Waals surface area (Å²) in [5, 5.41) is 2.91. The minimum atomic E-state index is -0.190. The Morgan fingerprint density at radius 3 is 2.91 bits per heavy atom. The molecule has 1 aliphatic rings. The normalized spacial score (nSPS) is 18.4. The van der Waals surface area contributed by atoms with E-state index in [0.717, 1.165) is 37.1 Å². The Morgan fingerprint density at radius 1 is 1.35 bits per heavy atom. The minimum Gasteiger partial charge on any atom is -0.494 e. The van der Waals surface area contributed by atoms with Gasteiger partial charge in [0.2, 0.25) is 11.8 Å².